The van der Waals surface area contributed by atoms with E-state index in [0.29, 0.717) is 0 Å². The van der Waals surface area contributed by atoms with Gasteiger partial charge in [-0.3, -0.25) is 0 Å². The Hall–Kier alpha value is -0.560. The smallest absolute Gasteiger partial charge is 0.0107 e. The molecule has 1 atom stereocenters. The van der Waals surface area contributed by atoms with Crippen LogP contribution in [-0.2, 0) is 0 Å². The average molecular weight is 293 g/mol. The third kappa shape index (κ3) is 7.31. The van der Waals surface area contributed by atoms with Crippen LogP contribution in [0.1, 0.15) is 66.2 Å². The summed E-state index contributed by atoms with van der Waals surface area (Å²) in [6.45, 7) is 14.9. The lowest BCUT2D eigenvalue weighted by Crippen LogP contribution is -2.37. The number of unbranched alkanes of at least 4 members (excludes halogenated alkanes) is 1. The van der Waals surface area contributed by atoms with Gasteiger partial charge in [-0.15, -0.1) is 5.73 Å². The molecule has 0 unspecified atom stereocenters. The Morgan fingerprint density at radius 2 is 1.95 bits per heavy atom. The fourth-order valence-electron chi connectivity index (χ4n) is 3.02. The summed E-state index contributed by atoms with van der Waals surface area (Å²) >= 11 is 0. The van der Waals surface area contributed by atoms with Gasteiger partial charge in [-0.1, -0.05) is 26.7 Å². The third-order valence-corrected chi connectivity index (χ3v) is 4.68. The Morgan fingerprint density at radius 1 is 1.24 bits per heavy atom. The molecule has 0 saturated carbocycles. The highest BCUT2D eigenvalue weighted by Gasteiger charge is 2.24. The lowest BCUT2D eigenvalue weighted by Gasteiger charge is -2.30. The van der Waals surface area contributed by atoms with Crippen LogP contribution in [0.5, 0.6) is 0 Å². The van der Waals surface area contributed by atoms with Gasteiger partial charge >= 0.3 is 0 Å². The molecule has 0 aromatic heterocycles. The van der Waals surface area contributed by atoms with Crippen molar-refractivity contribution in [1.29, 1.82) is 0 Å². The Labute approximate surface area is 132 Å². The van der Waals surface area contributed by atoms with Crippen molar-refractivity contribution >= 4 is 0 Å². The highest BCUT2D eigenvalue weighted by molar-refractivity contribution is 5.04. The van der Waals surface area contributed by atoms with Crippen LogP contribution in [0.3, 0.4) is 0 Å². The van der Waals surface area contributed by atoms with Gasteiger partial charge in [0.05, 0.1) is 0 Å². The third-order valence-electron chi connectivity index (χ3n) is 4.68. The zero-order valence-electron chi connectivity index (χ0n) is 14.8. The van der Waals surface area contributed by atoms with Crippen LogP contribution in [0.15, 0.2) is 17.4 Å². The van der Waals surface area contributed by atoms with E-state index >= 15 is 0 Å². The van der Waals surface area contributed by atoms with Crippen molar-refractivity contribution in [3.05, 3.63) is 17.4 Å². The van der Waals surface area contributed by atoms with Crippen LogP contribution in [-0.4, -0.2) is 37.6 Å². The first-order chi connectivity index (χ1) is 10.1. The molecular formula is C19H36N2. The van der Waals surface area contributed by atoms with Crippen molar-refractivity contribution in [3.63, 3.8) is 0 Å². The van der Waals surface area contributed by atoms with Crippen LogP contribution in [0.2, 0.25) is 0 Å². The second-order valence-corrected chi connectivity index (χ2v) is 6.83. The predicted molar refractivity (Wildman–Crippen MR) is 93.7 cm³/mol. The van der Waals surface area contributed by atoms with Crippen molar-refractivity contribution in [2.24, 2.45) is 5.41 Å². The largest absolute Gasteiger partial charge is 0.315 e. The van der Waals surface area contributed by atoms with Gasteiger partial charge in [-0.25, -0.2) is 0 Å². The molecule has 1 fully saturated rings. The second-order valence-electron chi connectivity index (χ2n) is 6.83. The number of nitrogens with zero attached hydrogens (tertiary/aromatic N) is 1. The molecule has 0 bridgehead atoms. The van der Waals surface area contributed by atoms with Gasteiger partial charge in [-0.05, 0) is 64.3 Å². The first-order valence-electron chi connectivity index (χ1n) is 8.96. The monoisotopic (exact) mass is 292 g/mol. The van der Waals surface area contributed by atoms with Gasteiger partial charge in [0.25, 0.3) is 0 Å². The van der Waals surface area contributed by atoms with E-state index < -0.39 is 0 Å². The number of nitrogens with one attached hydrogen (secondary N) is 1. The van der Waals surface area contributed by atoms with Crippen molar-refractivity contribution in [2.75, 3.05) is 32.7 Å². The number of hydrogen-bond donors (Lipinski definition) is 1. The van der Waals surface area contributed by atoms with Crippen molar-refractivity contribution in [2.45, 2.75) is 66.2 Å². The van der Waals surface area contributed by atoms with Gasteiger partial charge in [-0.2, -0.15) is 0 Å². The molecule has 2 heteroatoms. The predicted octanol–water partition coefficient (Wildman–Crippen LogP) is 4.38. The van der Waals surface area contributed by atoms with E-state index in [1.54, 1.807) is 0 Å². The standard InChI is InChI=1S/C19H36N2/c1-5-7-11-19(6-2,12-10-18(3)4)17-20-13-16-21-14-8-9-15-21/h12,20H,5-9,11,13-17H2,1-4H3/t19-/m1/s1. The lowest BCUT2D eigenvalue weighted by molar-refractivity contribution is 0.287. The van der Waals surface area contributed by atoms with E-state index in [1.807, 2.05) is 0 Å². The molecule has 0 amide bonds. The SMILES string of the molecule is CCCC[C@@](C=C=C(C)C)(CC)CNCCN1CCCC1. The minimum Gasteiger partial charge on any atom is -0.315 e. The fraction of sp³-hybridized carbons (Fsp3) is 0.842. The molecule has 0 aromatic carbocycles. The minimum atomic E-state index is 0.290. The Balaban J connectivity index is 2.48. The van der Waals surface area contributed by atoms with Crippen LogP contribution in [0.25, 0.3) is 0 Å². The van der Waals surface area contributed by atoms with Gasteiger partial charge in [0.15, 0.2) is 0 Å². The number of likely N-dealkylation sites (tertiary alicyclic amines) is 1. The van der Waals surface area contributed by atoms with Crippen molar-refractivity contribution in [3.8, 4) is 0 Å². The normalized spacial score (nSPS) is 18.3. The van der Waals surface area contributed by atoms with Gasteiger partial charge in [0, 0.05) is 25.0 Å². The summed E-state index contributed by atoms with van der Waals surface area (Å²) in [7, 11) is 0. The summed E-state index contributed by atoms with van der Waals surface area (Å²) in [4.78, 5) is 2.58. The van der Waals surface area contributed by atoms with Crippen LogP contribution in [0, 0.1) is 5.41 Å². The van der Waals surface area contributed by atoms with Crippen LogP contribution >= 0.6 is 0 Å². The van der Waals surface area contributed by atoms with Crippen molar-refractivity contribution < 1.29 is 0 Å². The van der Waals surface area contributed by atoms with E-state index in [-0.39, 0.29) is 5.41 Å². The first kappa shape index (κ1) is 18.5. The molecule has 1 aliphatic rings. The molecule has 0 aromatic rings. The average Bonchev–Trinajstić information content (AvgIpc) is 2.99. The summed E-state index contributed by atoms with van der Waals surface area (Å²) in [5.74, 6) is 0. The molecule has 0 spiro atoms. The van der Waals surface area contributed by atoms with E-state index in [1.165, 1.54) is 63.7 Å². The fourth-order valence-corrected chi connectivity index (χ4v) is 3.02. The van der Waals surface area contributed by atoms with Gasteiger partial charge in [0.1, 0.15) is 0 Å². The molecule has 1 heterocycles. The molecular weight excluding hydrogens is 256 g/mol. The Morgan fingerprint density at radius 3 is 2.52 bits per heavy atom. The molecule has 2 nitrogen and oxygen atoms in total. The molecule has 1 saturated heterocycles. The second kappa shape index (κ2) is 10.2. The quantitative estimate of drug-likeness (QED) is 0.475. The van der Waals surface area contributed by atoms with E-state index in [2.05, 4.69) is 49.7 Å². The summed E-state index contributed by atoms with van der Waals surface area (Å²) < 4.78 is 0. The lowest BCUT2D eigenvalue weighted by atomic mass is 9.80. The maximum absolute atomic E-state index is 3.71. The molecule has 1 aliphatic heterocycles. The van der Waals surface area contributed by atoms with Crippen LogP contribution < -0.4 is 5.32 Å². The molecule has 21 heavy (non-hydrogen) atoms. The Kier molecular flexibility index (Phi) is 8.99. The van der Waals surface area contributed by atoms with E-state index in [9.17, 15) is 0 Å². The van der Waals surface area contributed by atoms with E-state index in [4.69, 9.17) is 0 Å². The molecule has 1 rings (SSSR count). The Bertz CT molecular complexity index is 331. The summed E-state index contributed by atoms with van der Waals surface area (Å²) in [6, 6.07) is 0. The maximum atomic E-state index is 3.71. The molecule has 0 aliphatic carbocycles. The highest BCUT2D eigenvalue weighted by Crippen LogP contribution is 2.29. The molecule has 122 valence electrons. The summed E-state index contributed by atoms with van der Waals surface area (Å²) in [6.07, 6.45) is 10.2. The van der Waals surface area contributed by atoms with Gasteiger partial charge < -0.3 is 10.2 Å². The minimum absolute atomic E-state index is 0.290. The number of rotatable bonds is 10. The van der Waals surface area contributed by atoms with Crippen molar-refractivity contribution in [1.82, 2.24) is 10.2 Å². The highest BCUT2D eigenvalue weighted by atomic mass is 15.1. The topological polar surface area (TPSA) is 15.3 Å². The zero-order valence-corrected chi connectivity index (χ0v) is 14.8. The molecule has 1 N–H and O–H groups in total. The van der Waals surface area contributed by atoms with E-state index in [0.717, 1.165) is 13.1 Å². The van der Waals surface area contributed by atoms with Crippen LogP contribution in [0.4, 0.5) is 0 Å². The summed E-state index contributed by atoms with van der Waals surface area (Å²) in [5, 5.41) is 3.71. The zero-order chi connectivity index (χ0) is 15.6. The maximum Gasteiger partial charge on any atom is 0.0107 e. The number of hydrogen-bond acceptors (Lipinski definition) is 2. The van der Waals surface area contributed by atoms with Gasteiger partial charge in [0.2, 0.25) is 0 Å². The first-order valence-corrected chi connectivity index (χ1v) is 8.96. The molecule has 0 radical (unpaired) electrons. The summed E-state index contributed by atoms with van der Waals surface area (Å²) in [5.41, 5.74) is 5.04.